The molecule has 0 aliphatic carbocycles. The van der Waals surface area contributed by atoms with Gasteiger partial charge in [-0.2, -0.15) is 0 Å². The minimum absolute atomic E-state index is 0.534. The van der Waals surface area contributed by atoms with E-state index in [-0.39, 0.29) is 0 Å². The molecule has 1 aliphatic heterocycles. The van der Waals surface area contributed by atoms with Crippen molar-refractivity contribution < 1.29 is 9.47 Å². The van der Waals surface area contributed by atoms with Crippen LogP contribution in [0.5, 0.6) is 11.5 Å². The molecule has 0 fully saturated rings. The van der Waals surface area contributed by atoms with E-state index in [1.165, 1.54) is 11.1 Å². The fourth-order valence-electron chi connectivity index (χ4n) is 3.01. The molecule has 4 heteroatoms. The molecule has 0 amide bonds. The van der Waals surface area contributed by atoms with Gasteiger partial charge in [-0.3, -0.25) is 4.90 Å². The van der Waals surface area contributed by atoms with E-state index < -0.39 is 0 Å². The fourth-order valence-corrected chi connectivity index (χ4v) is 3.01. The average Bonchev–Trinajstić information content (AvgIpc) is 2.50. The van der Waals surface area contributed by atoms with Crippen LogP contribution in [0.2, 0.25) is 0 Å². The molecule has 0 spiro atoms. The van der Waals surface area contributed by atoms with Crippen molar-refractivity contribution in [3.05, 3.63) is 23.3 Å². The molecule has 4 nitrogen and oxygen atoms in total. The van der Waals surface area contributed by atoms with E-state index in [0.717, 1.165) is 37.6 Å². The highest BCUT2D eigenvalue weighted by atomic mass is 16.5. The monoisotopic (exact) mass is 292 g/mol. The summed E-state index contributed by atoms with van der Waals surface area (Å²) in [6.45, 7) is 7.72. The molecule has 1 aromatic carbocycles. The standard InChI is InChI=1S/C17H28N2O2/c1-12(2)15(18-3)11-19-7-6-13-8-16(20-4)17(21-5)9-14(13)10-19/h8-9,12,15,18H,6-7,10-11H2,1-5H3. The van der Waals surface area contributed by atoms with Crippen LogP contribution in [-0.2, 0) is 13.0 Å². The molecular formula is C17H28N2O2. The van der Waals surface area contributed by atoms with E-state index >= 15 is 0 Å². The van der Waals surface area contributed by atoms with Crippen LogP contribution in [0, 0.1) is 5.92 Å². The number of hydrogen-bond donors (Lipinski definition) is 1. The normalized spacial score (nSPS) is 16.7. The van der Waals surface area contributed by atoms with Crippen molar-refractivity contribution in [2.24, 2.45) is 5.92 Å². The maximum Gasteiger partial charge on any atom is 0.161 e. The Bertz CT molecular complexity index is 474. The number of fused-ring (bicyclic) bond motifs is 1. The molecule has 1 N–H and O–H groups in total. The molecule has 21 heavy (non-hydrogen) atoms. The van der Waals surface area contributed by atoms with Crippen LogP contribution in [-0.4, -0.2) is 45.3 Å². The van der Waals surface area contributed by atoms with Crippen molar-refractivity contribution in [2.75, 3.05) is 34.4 Å². The van der Waals surface area contributed by atoms with Gasteiger partial charge in [0.15, 0.2) is 11.5 Å². The number of nitrogens with zero attached hydrogens (tertiary/aromatic N) is 1. The maximum absolute atomic E-state index is 5.42. The zero-order valence-corrected chi connectivity index (χ0v) is 13.9. The lowest BCUT2D eigenvalue weighted by Crippen LogP contribution is -2.44. The summed E-state index contributed by atoms with van der Waals surface area (Å²) in [6.07, 6.45) is 1.07. The summed E-state index contributed by atoms with van der Waals surface area (Å²) in [5.41, 5.74) is 2.74. The molecule has 0 bridgehead atoms. The second-order valence-corrected chi connectivity index (χ2v) is 6.10. The van der Waals surface area contributed by atoms with Crippen molar-refractivity contribution >= 4 is 0 Å². The molecule has 1 unspecified atom stereocenters. The van der Waals surface area contributed by atoms with Gasteiger partial charge in [0, 0.05) is 25.7 Å². The van der Waals surface area contributed by atoms with Crippen LogP contribution in [0.3, 0.4) is 0 Å². The number of rotatable bonds is 6. The molecule has 118 valence electrons. The number of ether oxygens (including phenoxy) is 2. The first-order chi connectivity index (χ1) is 10.1. The van der Waals surface area contributed by atoms with Crippen LogP contribution in [0.25, 0.3) is 0 Å². The van der Waals surface area contributed by atoms with Crippen LogP contribution < -0.4 is 14.8 Å². The van der Waals surface area contributed by atoms with E-state index in [0.29, 0.717) is 12.0 Å². The van der Waals surface area contributed by atoms with Crippen molar-refractivity contribution in [3.8, 4) is 11.5 Å². The van der Waals surface area contributed by atoms with Crippen LogP contribution >= 0.6 is 0 Å². The Morgan fingerprint density at radius 1 is 1.14 bits per heavy atom. The third-order valence-electron chi connectivity index (χ3n) is 4.43. The van der Waals surface area contributed by atoms with Gasteiger partial charge in [-0.05, 0) is 42.6 Å². The van der Waals surface area contributed by atoms with Crippen molar-refractivity contribution in [1.29, 1.82) is 0 Å². The van der Waals surface area contributed by atoms with E-state index in [2.05, 4.69) is 43.2 Å². The summed E-state index contributed by atoms with van der Waals surface area (Å²) in [7, 11) is 5.44. The maximum atomic E-state index is 5.42. The van der Waals surface area contributed by atoms with E-state index in [1.807, 2.05) is 0 Å². The summed E-state index contributed by atoms with van der Waals surface area (Å²) in [5.74, 6) is 2.30. The molecule has 1 aromatic rings. The molecule has 0 radical (unpaired) electrons. The summed E-state index contributed by atoms with van der Waals surface area (Å²) < 4.78 is 10.8. The SMILES string of the molecule is CNC(CN1CCc2cc(OC)c(OC)cc2C1)C(C)C. The highest BCUT2D eigenvalue weighted by Crippen LogP contribution is 2.33. The molecular weight excluding hydrogens is 264 g/mol. The molecule has 2 rings (SSSR count). The van der Waals surface area contributed by atoms with Gasteiger partial charge in [-0.1, -0.05) is 13.8 Å². The van der Waals surface area contributed by atoms with Gasteiger partial charge >= 0.3 is 0 Å². The Kier molecular flexibility index (Phi) is 5.48. The Morgan fingerprint density at radius 3 is 2.29 bits per heavy atom. The summed E-state index contributed by atoms with van der Waals surface area (Å²) >= 11 is 0. The first kappa shape index (κ1) is 16.1. The Balaban J connectivity index is 2.12. The second kappa shape index (κ2) is 7.14. The number of likely N-dealkylation sites (N-methyl/N-ethyl adjacent to an activating group) is 1. The van der Waals surface area contributed by atoms with Gasteiger partial charge in [-0.25, -0.2) is 0 Å². The molecule has 0 saturated heterocycles. The smallest absolute Gasteiger partial charge is 0.161 e. The lowest BCUT2D eigenvalue weighted by molar-refractivity contribution is 0.207. The lowest BCUT2D eigenvalue weighted by atomic mass is 9.97. The summed E-state index contributed by atoms with van der Waals surface area (Å²) in [6, 6.07) is 4.79. The van der Waals surface area contributed by atoms with E-state index in [9.17, 15) is 0 Å². The first-order valence-corrected chi connectivity index (χ1v) is 7.72. The third kappa shape index (κ3) is 3.69. The zero-order chi connectivity index (χ0) is 15.4. The molecule has 1 aliphatic rings. The topological polar surface area (TPSA) is 33.7 Å². The molecule has 1 heterocycles. The van der Waals surface area contributed by atoms with Gasteiger partial charge in [0.05, 0.1) is 14.2 Å². The van der Waals surface area contributed by atoms with Crippen LogP contribution in [0.4, 0.5) is 0 Å². The second-order valence-electron chi connectivity index (χ2n) is 6.10. The quantitative estimate of drug-likeness (QED) is 0.872. The average molecular weight is 292 g/mol. The first-order valence-electron chi connectivity index (χ1n) is 7.72. The summed E-state index contributed by atoms with van der Waals surface area (Å²) in [4.78, 5) is 2.52. The zero-order valence-electron chi connectivity index (χ0n) is 13.9. The molecule has 0 aromatic heterocycles. The summed E-state index contributed by atoms with van der Waals surface area (Å²) in [5, 5.41) is 3.43. The highest BCUT2D eigenvalue weighted by Gasteiger charge is 2.22. The van der Waals surface area contributed by atoms with E-state index in [4.69, 9.17) is 9.47 Å². The number of hydrogen-bond acceptors (Lipinski definition) is 4. The molecule has 0 saturated carbocycles. The lowest BCUT2D eigenvalue weighted by Gasteiger charge is -2.33. The van der Waals surface area contributed by atoms with Gasteiger partial charge in [0.25, 0.3) is 0 Å². The number of nitrogens with one attached hydrogen (secondary N) is 1. The minimum Gasteiger partial charge on any atom is -0.493 e. The van der Waals surface area contributed by atoms with Gasteiger partial charge in [0.2, 0.25) is 0 Å². The largest absolute Gasteiger partial charge is 0.493 e. The Morgan fingerprint density at radius 2 is 1.76 bits per heavy atom. The van der Waals surface area contributed by atoms with Gasteiger partial charge in [0.1, 0.15) is 0 Å². The van der Waals surface area contributed by atoms with Crippen LogP contribution in [0.1, 0.15) is 25.0 Å². The van der Waals surface area contributed by atoms with Crippen molar-refractivity contribution in [2.45, 2.75) is 32.9 Å². The van der Waals surface area contributed by atoms with E-state index in [1.54, 1.807) is 14.2 Å². The van der Waals surface area contributed by atoms with Crippen molar-refractivity contribution in [1.82, 2.24) is 10.2 Å². The van der Waals surface area contributed by atoms with Crippen molar-refractivity contribution in [3.63, 3.8) is 0 Å². The Hall–Kier alpha value is -1.26. The predicted molar refractivity (Wildman–Crippen MR) is 86.2 cm³/mol. The predicted octanol–water partition coefficient (Wildman–Crippen LogP) is 2.31. The fraction of sp³-hybridized carbons (Fsp3) is 0.647. The third-order valence-corrected chi connectivity index (χ3v) is 4.43. The minimum atomic E-state index is 0.534. The van der Waals surface area contributed by atoms with Crippen LogP contribution in [0.15, 0.2) is 12.1 Å². The molecule has 1 atom stereocenters. The number of methoxy groups -OCH3 is 2. The highest BCUT2D eigenvalue weighted by molar-refractivity contribution is 5.48. The van der Waals surface area contributed by atoms with Gasteiger partial charge < -0.3 is 14.8 Å². The number of benzene rings is 1. The van der Waals surface area contributed by atoms with Gasteiger partial charge in [-0.15, -0.1) is 0 Å². The Labute approximate surface area is 128 Å².